The molecule has 2 heterocycles. The zero-order valence-electron chi connectivity index (χ0n) is 14.2. The van der Waals surface area contributed by atoms with E-state index in [1.165, 1.54) is 18.2 Å². The minimum absolute atomic E-state index is 0.0278. The van der Waals surface area contributed by atoms with Crippen LogP contribution in [0.1, 0.15) is 48.9 Å². The summed E-state index contributed by atoms with van der Waals surface area (Å²) in [7, 11) is 1.96. The molecule has 6 heteroatoms. The van der Waals surface area contributed by atoms with Crippen molar-refractivity contribution in [2.24, 2.45) is 7.05 Å². The normalized spacial score (nSPS) is 13.1. The highest BCUT2D eigenvalue weighted by Gasteiger charge is 2.24. The first-order chi connectivity index (χ1) is 11.5. The monoisotopic (exact) mass is 329 g/mol. The molecule has 1 aliphatic rings. The van der Waals surface area contributed by atoms with Crippen LogP contribution in [0.2, 0.25) is 0 Å². The maximum atomic E-state index is 12.6. The van der Waals surface area contributed by atoms with Crippen LogP contribution in [-0.2, 0) is 42.6 Å². The number of aromatic nitrogens is 2. The fourth-order valence-corrected chi connectivity index (χ4v) is 3.27. The predicted octanol–water partition coefficient (Wildman–Crippen LogP) is 2.40. The van der Waals surface area contributed by atoms with Crippen molar-refractivity contribution in [3.63, 3.8) is 0 Å². The molecule has 1 amide bonds. The average molecular weight is 329 g/mol. The number of hydrogen-bond acceptors (Lipinski definition) is 4. The van der Waals surface area contributed by atoms with Gasteiger partial charge in [0.2, 0.25) is 5.91 Å². The summed E-state index contributed by atoms with van der Waals surface area (Å²) < 4.78 is 7.32. The molecule has 0 radical (unpaired) electrons. The number of aryl methyl sites for hydroxylation is 1. The molecule has 0 unspecified atom stereocenters. The number of furan rings is 1. The van der Waals surface area contributed by atoms with Gasteiger partial charge in [-0.05, 0) is 43.9 Å². The van der Waals surface area contributed by atoms with Crippen LogP contribution in [0.5, 0.6) is 0 Å². The molecule has 0 fully saturated rings. The quantitative estimate of drug-likeness (QED) is 0.782. The van der Waals surface area contributed by atoms with Gasteiger partial charge in [-0.2, -0.15) is 5.10 Å². The van der Waals surface area contributed by atoms with Gasteiger partial charge in [0.1, 0.15) is 11.5 Å². The third-order valence-corrected chi connectivity index (χ3v) is 4.51. The van der Waals surface area contributed by atoms with Crippen molar-refractivity contribution in [2.45, 2.75) is 52.1 Å². The largest absolute Gasteiger partial charge is 0.467 e. The molecular formula is C18H23N3O3. The Morgan fingerprint density at radius 1 is 1.29 bits per heavy atom. The molecule has 0 bridgehead atoms. The smallest absolute Gasteiger partial charge is 0.223 e. The Bertz CT molecular complexity index is 731. The van der Waals surface area contributed by atoms with E-state index >= 15 is 0 Å². The van der Waals surface area contributed by atoms with E-state index < -0.39 is 0 Å². The van der Waals surface area contributed by atoms with Gasteiger partial charge >= 0.3 is 0 Å². The molecule has 3 rings (SSSR count). The number of fused-ring (bicyclic) bond motifs is 1. The first-order valence-corrected chi connectivity index (χ1v) is 8.38. The Balaban J connectivity index is 1.77. The topological polar surface area (TPSA) is 68.3 Å². The summed E-state index contributed by atoms with van der Waals surface area (Å²) in [6.45, 7) is 2.37. The van der Waals surface area contributed by atoms with E-state index in [0.29, 0.717) is 13.1 Å². The van der Waals surface area contributed by atoms with Gasteiger partial charge in [-0.1, -0.05) is 0 Å². The van der Waals surface area contributed by atoms with Crippen LogP contribution >= 0.6 is 0 Å². The first kappa shape index (κ1) is 16.5. The fraction of sp³-hybridized carbons (Fsp3) is 0.500. The van der Waals surface area contributed by atoms with Gasteiger partial charge < -0.3 is 14.1 Å². The molecule has 0 atom stereocenters. The van der Waals surface area contributed by atoms with E-state index in [0.717, 1.165) is 30.7 Å². The number of nitrogens with zero attached hydrogens (tertiary/aromatic N) is 3. The highest BCUT2D eigenvalue weighted by Crippen LogP contribution is 2.26. The van der Waals surface area contributed by atoms with Crippen LogP contribution in [-0.4, -0.2) is 26.4 Å². The first-order valence-electron chi connectivity index (χ1n) is 8.38. The summed E-state index contributed by atoms with van der Waals surface area (Å²) in [6, 6.07) is 3.67. The van der Waals surface area contributed by atoms with E-state index in [9.17, 15) is 9.59 Å². The van der Waals surface area contributed by atoms with Crippen molar-refractivity contribution < 1.29 is 14.0 Å². The molecule has 2 aromatic rings. The Morgan fingerprint density at radius 3 is 2.83 bits per heavy atom. The molecule has 0 saturated heterocycles. The molecule has 128 valence electrons. The lowest BCUT2D eigenvalue weighted by Crippen LogP contribution is -2.30. The summed E-state index contributed by atoms with van der Waals surface area (Å²) in [6.07, 6.45) is 5.32. The van der Waals surface area contributed by atoms with Crippen molar-refractivity contribution in [3.05, 3.63) is 41.1 Å². The van der Waals surface area contributed by atoms with Crippen molar-refractivity contribution in [2.75, 3.05) is 0 Å². The van der Waals surface area contributed by atoms with Crippen molar-refractivity contribution in [1.29, 1.82) is 0 Å². The van der Waals surface area contributed by atoms with E-state index in [1.807, 2.05) is 23.9 Å². The lowest BCUT2D eigenvalue weighted by Gasteiger charge is -2.21. The number of ketones is 1. The maximum absolute atomic E-state index is 12.6. The van der Waals surface area contributed by atoms with Gasteiger partial charge in [-0.15, -0.1) is 0 Å². The number of rotatable bonds is 7. The third-order valence-electron chi connectivity index (χ3n) is 4.51. The van der Waals surface area contributed by atoms with Gasteiger partial charge in [0.15, 0.2) is 0 Å². The number of Topliss-reactive ketones (excluding diaryl/α,β-unsaturated/α-hetero) is 1. The summed E-state index contributed by atoms with van der Waals surface area (Å²) in [4.78, 5) is 25.5. The van der Waals surface area contributed by atoms with Gasteiger partial charge in [0.05, 0.1) is 25.0 Å². The molecular weight excluding hydrogens is 306 g/mol. The maximum Gasteiger partial charge on any atom is 0.223 e. The van der Waals surface area contributed by atoms with E-state index in [2.05, 4.69) is 5.10 Å². The van der Waals surface area contributed by atoms with Crippen LogP contribution in [0.4, 0.5) is 0 Å². The fourth-order valence-electron chi connectivity index (χ4n) is 3.27. The Morgan fingerprint density at radius 2 is 2.12 bits per heavy atom. The van der Waals surface area contributed by atoms with Crippen molar-refractivity contribution in [1.82, 2.24) is 14.7 Å². The zero-order valence-corrected chi connectivity index (χ0v) is 14.2. The Hall–Kier alpha value is -2.37. The van der Waals surface area contributed by atoms with Gasteiger partial charge in [-0.25, -0.2) is 0 Å². The van der Waals surface area contributed by atoms with E-state index in [4.69, 9.17) is 4.42 Å². The summed E-state index contributed by atoms with van der Waals surface area (Å²) >= 11 is 0. The van der Waals surface area contributed by atoms with Gasteiger partial charge in [-0.3, -0.25) is 9.48 Å². The number of carbonyl (C=O) groups is 2. The van der Waals surface area contributed by atoms with Crippen LogP contribution in [0.25, 0.3) is 0 Å². The molecule has 24 heavy (non-hydrogen) atoms. The lowest BCUT2D eigenvalue weighted by atomic mass is 10.1. The second kappa shape index (κ2) is 7.03. The molecule has 6 nitrogen and oxygen atoms in total. The van der Waals surface area contributed by atoms with Gasteiger partial charge in [0.25, 0.3) is 0 Å². The highest BCUT2D eigenvalue weighted by molar-refractivity contribution is 5.83. The van der Waals surface area contributed by atoms with Crippen LogP contribution in [0, 0.1) is 0 Å². The molecule has 0 aliphatic heterocycles. The summed E-state index contributed by atoms with van der Waals surface area (Å²) in [5.41, 5.74) is 3.52. The molecule has 1 aliphatic carbocycles. The van der Waals surface area contributed by atoms with Crippen LogP contribution < -0.4 is 0 Å². The van der Waals surface area contributed by atoms with Crippen LogP contribution in [0.3, 0.4) is 0 Å². The molecule has 0 saturated carbocycles. The van der Waals surface area contributed by atoms with Crippen LogP contribution in [0.15, 0.2) is 22.8 Å². The lowest BCUT2D eigenvalue weighted by molar-refractivity contribution is -0.134. The number of amides is 1. The minimum atomic E-state index is -0.0426. The second-order valence-corrected chi connectivity index (χ2v) is 6.38. The third kappa shape index (κ3) is 3.58. The zero-order chi connectivity index (χ0) is 17.1. The molecule has 2 aromatic heterocycles. The second-order valence-electron chi connectivity index (χ2n) is 6.38. The van der Waals surface area contributed by atoms with E-state index in [1.54, 1.807) is 11.2 Å². The highest BCUT2D eigenvalue weighted by atomic mass is 16.3. The van der Waals surface area contributed by atoms with Crippen molar-refractivity contribution in [3.8, 4) is 0 Å². The van der Waals surface area contributed by atoms with Crippen molar-refractivity contribution >= 4 is 11.7 Å². The predicted molar refractivity (Wildman–Crippen MR) is 88.1 cm³/mol. The molecule has 0 spiro atoms. The Labute approximate surface area is 141 Å². The standard InChI is InChI=1S/C18H23N3O3/c1-13(22)8-9-18(23)21(11-14-5-4-10-24-14)12-16-15-6-3-7-17(15)20(2)19-16/h4-5,10H,3,6-9,11-12H2,1-2H3. The van der Waals surface area contributed by atoms with Gasteiger partial charge in [0, 0.05) is 25.6 Å². The summed E-state index contributed by atoms with van der Waals surface area (Å²) in [5.74, 6) is 0.720. The average Bonchev–Trinajstić information content (AvgIpc) is 3.25. The van der Waals surface area contributed by atoms with E-state index in [-0.39, 0.29) is 24.5 Å². The number of hydrogen-bond donors (Lipinski definition) is 0. The summed E-state index contributed by atoms with van der Waals surface area (Å²) in [5, 5.41) is 4.60. The SMILES string of the molecule is CC(=O)CCC(=O)N(Cc1ccco1)Cc1nn(C)c2c1CCC2. The molecule has 0 N–H and O–H groups in total. The molecule has 0 aromatic carbocycles. The number of carbonyl (C=O) groups excluding carboxylic acids is 2. The minimum Gasteiger partial charge on any atom is -0.467 e. The Kier molecular flexibility index (Phi) is 4.83.